The molecule has 0 spiro atoms. The van der Waals surface area contributed by atoms with E-state index in [2.05, 4.69) is 47.6 Å². The molecule has 0 aliphatic heterocycles. The average Bonchev–Trinajstić information content (AvgIpc) is 2.55. The number of pyridine rings is 1. The van der Waals surface area contributed by atoms with E-state index in [9.17, 15) is 0 Å². The van der Waals surface area contributed by atoms with Crippen LogP contribution in [-0.2, 0) is 0 Å². The zero-order chi connectivity index (χ0) is 12.7. The Balaban J connectivity index is 2.60. The van der Waals surface area contributed by atoms with Crippen molar-refractivity contribution in [1.29, 1.82) is 0 Å². The van der Waals surface area contributed by atoms with Crippen molar-refractivity contribution in [3.8, 4) is 0 Å². The standard InChI is InChI=1S/C16H25N/c1-9(2)13-7-11(5)16-15(13)14(10(3)4)8-12(6)17-16/h8-11,13H,7H2,1-6H3/t11-,13?/m1/s1. The largest absolute Gasteiger partial charge is 0.258 e. The van der Waals surface area contributed by atoms with Gasteiger partial charge in [-0.05, 0) is 54.2 Å². The lowest BCUT2D eigenvalue weighted by Gasteiger charge is -2.21. The highest BCUT2D eigenvalue weighted by molar-refractivity contribution is 5.43. The van der Waals surface area contributed by atoms with Gasteiger partial charge in [-0.2, -0.15) is 0 Å². The molecule has 17 heavy (non-hydrogen) atoms. The lowest BCUT2D eigenvalue weighted by molar-refractivity contribution is 0.471. The van der Waals surface area contributed by atoms with Gasteiger partial charge in [0.15, 0.2) is 0 Å². The van der Waals surface area contributed by atoms with Crippen molar-refractivity contribution in [3.05, 3.63) is 28.6 Å². The number of nitrogens with zero attached hydrogens (tertiary/aromatic N) is 1. The van der Waals surface area contributed by atoms with Crippen LogP contribution in [0.3, 0.4) is 0 Å². The normalized spacial score (nSPS) is 23.5. The first-order valence-corrected chi connectivity index (χ1v) is 6.93. The predicted molar refractivity (Wildman–Crippen MR) is 73.7 cm³/mol. The fraction of sp³-hybridized carbons (Fsp3) is 0.688. The minimum Gasteiger partial charge on any atom is -0.258 e. The van der Waals surface area contributed by atoms with Gasteiger partial charge in [-0.1, -0.05) is 34.6 Å². The Morgan fingerprint density at radius 2 is 1.88 bits per heavy atom. The van der Waals surface area contributed by atoms with Gasteiger partial charge in [0.1, 0.15) is 0 Å². The molecular weight excluding hydrogens is 206 g/mol. The number of hydrogen-bond donors (Lipinski definition) is 0. The van der Waals surface area contributed by atoms with Crippen LogP contribution < -0.4 is 0 Å². The summed E-state index contributed by atoms with van der Waals surface area (Å²) in [6, 6.07) is 2.30. The van der Waals surface area contributed by atoms with Crippen molar-refractivity contribution >= 4 is 0 Å². The number of aromatic nitrogens is 1. The van der Waals surface area contributed by atoms with Gasteiger partial charge in [-0.15, -0.1) is 0 Å². The number of hydrogen-bond acceptors (Lipinski definition) is 1. The van der Waals surface area contributed by atoms with E-state index in [1.807, 2.05) is 0 Å². The van der Waals surface area contributed by atoms with Crippen LogP contribution in [-0.4, -0.2) is 4.98 Å². The molecule has 1 aromatic heterocycles. The Morgan fingerprint density at radius 1 is 1.24 bits per heavy atom. The Morgan fingerprint density at radius 3 is 2.41 bits per heavy atom. The summed E-state index contributed by atoms with van der Waals surface area (Å²) >= 11 is 0. The molecule has 0 aromatic carbocycles. The van der Waals surface area contributed by atoms with Gasteiger partial charge < -0.3 is 0 Å². The smallest absolute Gasteiger partial charge is 0.0472 e. The molecule has 1 aromatic rings. The first-order chi connectivity index (χ1) is 7.91. The summed E-state index contributed by atoms with van der Waals surface area (Å²) < 4.78 is 0. The fourth-order valence-corrected chi connectivity index (χ4v) is 3.21. The highest BCUT2D eigenvalue weighted by Crippen LogP contribution is 2.47. The third-order valence-corrected chi connectivity index (χ3v) is 4.12. The summed E-state index contributed by atoms with van der Waals surface area (Å²) in [6.07, 6.45) is 1.28. The van der Waals surface area contributed by atoms with E-state index in [-0.39, 0.29) is 0 Å². The van der Waals surface area contributed by atoms with Gasteiger partial charge in [0.2, 0.25) is 0 Å². The second-order valence-electron chi connectivity index (χ2n) is 6.29. The molecule has 1 nitrogen and oxygen atoms in total. The maximum Gasteiger partial charge on any atom is 0.0472 e. The van der Waals surface area contributed by atoms with E-state index in [0.717, 1.165) is 5.92 Å². The second kappa shape index (κ2) is 4.44. The van der Waals surface area contributed by atoms with E-state index in [1.165, 1.54) is 23.4 Å². The molecule has 1 aliphatic rings. The average molecular weight is 231 g/mol. The molecule has 2 rings (SSSR count). The van der Waals surface area contributed by atoms with Crippen molar-refractivity contribution < 1.29 is 0 Å². The second-order valence-corrected chi connectivity index (χ2v) is 6.29. The van der Waals surface area contributed by atoms with Crippen LogP contribution in [0.5, 0.6) is 0 Å². The third-order valence-electron chi connectivity index (χ3n) is 4.12. The van der Waals surface area contributed by atoms with Gasteiger partial charge in [0.25, 0.3) is 0 Å². The summed E-state index contributed by atoms with van der Waals surface area (Å²) in [5, 5.41) is 0. The lowest BCUT2D eigenvalue weighted by atomic mass is 9.85. The molecule has 0 N–H and O–H groups in total. The molecule has 1 aliphatic carbocycles. The Hall–Kier alpha value is -0.850. The van der Waals surface area contributed by atoms with Crippen LogP contribution >= 0.6 is 0 Å². The van der Waals surface area contributed by atoms with Crippen LogP contribution in [0.15, 0.2) is 6.07 Å². The van der Waals surface area contributed by atoms with Gasteiger partial charge in [0, 0.05) is 11.4 Å². The van der Waals surface area contributed by atoms with E-state index >= 15 is 0 Å². The minimum absolute atomic E-state index is 0.608. The van der Waals surface area contributed by atoms with E-state index < -0.39 is 0 Å². The van der Waals surface area contributed by atoms with E-state index in [4.69, 9.17) is 4.98 Å². The minimum atomic E-state index is 0.608. The molecule has 0 bridgehead atoms. The first-order valence-electron chi connectivity index (χ1n) is 6.93. The zero-order valence-electron chi connectivity index (χ0n) is 12.0. The molecule has 1 heterocycles. The van der Waals surface area contributed by atoms with Gasteiger partial charge in [-0.25, -0.2) is 0 Å². The van der Waals surface area contributed by atoms with Crippen LogP contribution in [0, 0.1) is 12.8 Å². The molecule has 0 radical (unpaired) electrons. The molecule has 0 fully saturated rings. The highest BCUT2D eigenvalue weighted by atomic mass is 14.7. The van der Waals surface area contributed by atoms with Crippen molar-refractivity contribution in [2.75, 3.05) is 0 Å². The molecule has 2 atom stereocenters. The summed E-state index contributed by atoms with van der Waals surface area (Å²) in [5.41, 5.74) is 5.68. The summed E-state index contributed by atoms with van der Waals surface area (Å²) in [6.45, 7) is 13.7. The van der Waals surface area contributed by atoms with Crippen molar-refractivity contribution in [1.82, 2.24) is 4.98 Å². The van der Waals surface area contributed by atoms with Crippen molar-refractivity contribution in [2.45, 2.75) is 65.7 Å². The third kappa shape index (κ3) is 2.12. The molecule has 1 heteroatoms. The molecule has 0 saturated carbocycles. The van der Waals surface area contributed by atoms with E-state index in [0.29, 0.717) is 17.8 Å². The van der Waals surface area contributed by atoms with Crippen LogP contribution in [0.25, 0.3) is 0 Å². The van der Waals surface area contributed by atoms with Crippen molar-refractivity contribution in [2.24, 2.45) is 5.92 Å². The quantitative estimate of drug-likeness (QED) is 0.715. The van der Waals surface area contributed by atoms with Gasteiger partial charge in [0.05, 0.1) is 0 Å². The topological polar surface area (TPSA) is 12.9 Å². The zero-order valence-corrected chi connectivity index (χ0v) is 12.0. The Labute approximate surface area is 106 Å². The van der Waals surface area contributed by atoms with E-state index in [1.54, 1.807) is 5.56 Å². The lowest BCUT2D eigenvalue weighted by Crippen LogP contribution is -2.08. The molecule has 0 saturated heterocycles. The maximum atomic E-state index is 4.81. The molecule has 94 valence electrons. The SMILES string of the molecule is Cc1cc(C(C)C)c2c(n1)[C@H](C)CC2C(C)C. The molecular formula is C16H25N. The predicted octanol–water partition coefficient (Wildman–Crippen LogP) is 4.76. The van der Waals surface area contributed by atoms with Gasteiger partial charge in [-0.3, -0.25) is 4.98 Å². The Bertz CT molecular complexity index is 418. The monoisotopic (exact) mass is 231 g/mol. The number of rotatable bonds is 2. The molecule has 1 unspecified atom stereocenters. The van der Waals surface area contributed by atoms with Crippen molar-refractivity contribution in [3.63, 3.8) is 0 Å². The van der Waals surface area contributed by atoms with Crippen LogP contribution in [0.1, 0.15) is 81.3 Å². The van der Waals surface area contributed by atoms with Crippen LogP contribution in [0.4, 0.5) is 0 Å². The summed E-state index contributed by atoms with van der Waals surface area (Å²) in [4.78, 5) is 4.81. The number of fused-ring (bicyclic) bond motifs is 1. The Kier molecular flexibility index (Phi) is 3.29. The summed E-state index contributed by atoms with van der Waals surface area (Å²) in [7, 11) is 0. The first kappa shape index (κ1) is 12.6. The van der Waals surface area contributed by atoms with Gasteiger partial charge >= 0.3 is 0 Å². The molecule has 0 amide bonds. The summed E-state index contributed by atoms with van der Waals surface area (Å²) in [5.74, 6) is 2.68. The number of aryl methyl sites for hydroxylation is 1. The fourth-order valence-electron chi connectivity index (χ4n) is 3.21. The van der Waals surface area contributed by atoms with Crippen LogP contribution in [0.2, 0.25) is 0 Å². The highest BCUT2D eigenvalue weighted by Gasteiger charge is 2.34. The maximum absolute atomic E-state index is 4.81.